The molecular weight excluding hydrogens is 254 g/mol. The number of para-hydroxylation sites is 1. The van der Waals surface area contributed by atoms with Crippen molar-refractivity contribution in [2.75, 3.05) is 13.7 Å². The second-order valence-corrected chi connectivity index (χ2v) is 5.77. The summed E-state index contributed by atoms with van der Waals surface area (Å²) in [5.74, 6) is 0.793. The van der Waals surface area contributed by atoms with Crippen molar-refractivity contribution in [3.05, 3.63) is 29.8 Å². The van der Waals surface area contributed by atoms with Gasteiger partial charge in [0.25, 0.3) is 0 Å². The van der Waals surface area contributed by atoms with Crippen molar-refractivity contribution in [1.29, 1.82) is 0 Å². The minimum absolute atomic E-state index is 0.0101. The third-order valence-corrected chi connectivity index (χ3v) is 3.29. The minimum Gasteiger partial charge on any atom is -0.496 e. The maximum atomic E-state index is 12.2. The second kappa shape index (κ2) is 7.29. The van der Waals surface area contributed by atoms with Gasteiger partial charge >= 0.3 is 0 Å². The molecule has 0 radical (unpaired) electrons. The van der Waals surface area contributed by atoms with Gasteiger partial charge in [0.05, 0.1) is 13.2 Å². The summed E-state index contributed by atoms with van der Waals surface area (Å²) in [5.41, 5.74) is 0.499. The highest BCUT2D eigenvalue weighted by Gasteiger charge is 2.28. The number of amides is 1. The monoisotopic (exact) mass is 279 g/mol. The number of aliphatic hydroxyl groups excluding tert-OH is 1. The molecule has 1 amide bonds. The molecule has 0 bridgehead atoms. The maximum Gasteiger partial charge on any atom is 0.225 e. The van der Waals surface area contributed by atoms with E-state index in [-0.39, 0.29) is 5.91 Å². The lowest BCUT2D eigenvalue weighted by Gasteiger charge is -2.24. The fourth-order valence-corrected chi connectivity index (χ4v) is 2.04. The van der Waals surface area contributed by atoms with Crippen LogP contribution >= 0.6 is 0 Å². The van der Waals surface area contributed by atoms with Crippen LogP contribution in [0.15, 0.2) is 24.3 Å². The molecule has 2 N–H and O–H groups in total. The molecule has 0 spiro atoms. The molecule has 0 aliphatic carbocycles. The normalized spacial score (nSPS) is 12.8. The zero-order valence-electron chi connectivity index (χ0n) is 12.8. The highest BCUT2D eigenvalue weighted by Crippen LogP contribution is 2.27. The van der Waals surface area contributed by atoms with Crippen molar-refractivity contribution < 1.29 is 14.6 Å². The van der Waals surface area contributed by atoms with E-state index in [0.29, 0.717) is 19.4 Å². The number of rotatable bonds is 7. The number of nitrogens with one attached hydrogen (secondary N) is 1. The van der Waals surface area contributed by atoms with Crippen molar-refractivity contribution in [2.45, 2.75) is 39.7 Å². The summed E-state index contributed by atoms with van der Waals surface area (Å²) < 4.78 is 5.32. The van der Waals surface area contributed by atoms with E-state index < -0.39 is 11.5 Å². The molecule has 0 saturated heterocycles. The van der Waals surface area contributed by atoms with Crippen LogP contribution < -0.4 is 10.1 Å². The van der Waals surface area contributed by atoms with E-state index in [4.69, 9.17) is 4.74 Å². The predicted molar refractivity (Wildman–Crippen MR) is 79.8 cm³/mol. The summed E-state index contributed by atoms with van der Waals surface area (Å²) >= 11 is 0. The van der Waals surface area contributed by atoms with Crippen molar-refractivity contribution >= 4 is 5.91 Å². The van der Waals surface area contributed by atoms with E-state index in [2.05, 4.69) is 5.32 Å². The summed E-state index contributed by atoms with van der Waals surface area (Å²) in [6.07, 6.45) is 0.779. The Labute approximate surface area is 121 Å². The van der Waals surface area contributed by atoms with E-state index in [1.165, 1.54) is 0 Å². The van der Waals surface area contributed by atoms with Gasteiger partial charge in [-0.3, -0.25) is 4.79 Å². The van der Waals surface area contributed by atoms with Gasteiger partial charge in [-0.1, -0.05) is 32.0 Å². The first kappa shape index (κ1) is 16.5. The number of carbonyl (C=O) groups excluding carboxylic acids is 1. The van der Waals surface area contributed by atoms with Gasteiger partial charge in [-0.15, -0.1) is 0 Å². The molecule has 1 atom stereocenters. The van der Waals surface area contributed by atoms with E-state index in [9.17, 15) is 9.90 Å². The Balaban J connectivity index is 2.66. The van der Waals surface area contributed by atoms with Gasteiger partial charge in [0.1, 0.15) is 5.75 Å². The third kappa shape index (κ3) is 4.85. The molecule has 0 fully saturated rings. The van der Waals surface area contributed by atoms with Crippen LogP contribution in [-0.4, -0.2) is 30.8 Å². The smallest absolute Gasteiger partial charge is 0.225 e. The number of carbonyl (C=O) groups is 1. The topological polar surface area (TPSA) is 58.6 Å². The van der Waals surface area contributed by atoms with Crippen LogP contribution in [0.3, 0.4) is 0 Å². The van der Waals surface area contributed by atoms with E-state index >= 15 is 0 Å². The average Bonchev–Trinajstić information content (AvgIpc) is 2.38. The Hall–Kier alpha value is -1.55. The summed E-state index contributed by atoms with van der Waals surface area (Å²) in [4.78, 5) is 12.2. The van der Waals surface area contributed by atoms with Gasteiger partial charge in [-0.05, 0) is 31.4 Å². The SMILES string of the molecule is COc1ccccc1CC(C)(C)C(=O)NCCC(C)O. The molecule has 1 rings (SSSR count). The quantitative estimate of drug-likeness (QED) is 0.804. The maximum absolute atomic E-state index is 12.2. The molecular formula is C16H25NO3. The fourth-order valence-electron chi connectivity index (χ4n) is 2.04. The molecule has 1 aromatic carbocycles. The molecule has 1 aromatic rings. The number of benzene rings is 1. The highest BCUT2D eigenvalue weighted by molar-refractivity contribution is 5.82. The lowest BCUT2D eigenvalue weighted by Crippen LogP contribution is -2.39. The first-order valence-electron chi connectivity index (χ1n) is 6.95. The zero-order valence-corrected chi connectivity index (χ0v) is 12.8. The van der Waals surface area contributed by atoms with Gasteiger partial charge in [-0.2, -0.15) is 0 Å². The lowest BCUT2D eigenvalue weighted by molar-refractivity contribution is -0.129. The van der Waals surface area contributed by atoms with Crippen molar-refractivity contribution in [3.63, 3.8) is 0 Å². The predicted octanol–water partition coefficient (Wildman–Crippen LogP) is 2.15. The molecule has 4 heteroatoms. The second-order valence-electron chi connectivity index (χ2n) is 5.77. The zero-order chi connectivity index (χ0) is 15.2. The first-order chi connectivity index (χ1) is 9.36. The third-order valence-electron chi connectivity index (χ3n) is 3.29. The Bertz CT molecular complexity index is 441. The average molecular weight is 279 g/mol. The summed E-state index contributed by atoms with van der Waals surface area (Å²) in [6, 6.07) is 7.73. The van der Waals surface area contributed by atoms with Gasteiger partial charge < -0.3 is 15.2 Å². The van der Waals surface area contributed by atoms with E-state index in [1.54, 1.807) is 14.0 Å². The molecule has 0 aliphatic heterocycles. The van der Waals surface area contributed by atoms with E-state index in [1.807, 2.05) is 38.1 Å². The van der Waals surface area contributed by atoms with Crippen LogP contribution in [0.1, 0.15) is 32.8 Å². The van der Waals surface area contributed by atoms with Crippen LogP contribution in [0.5, 0.6) is 5.75 Å². The largest absolute Gasteiger partial charge is 0.496 e. The Morgan fingerprint density at radius 2 is 2.05 bits per heavy atom. The number of methoxy groups -OCH3 is 1. The molecule has 20 heavy (non-hydrogen) atoms. The van der Waals surface area contributed by atoms with Crippen LogP contribution in [0.2, 0.25) is 0 Å². The van der Waals surface area contributed by atoms with Gasteiger partial charge in [0.2, 0.25) is 5.91 Å². The molecule has 0 aromatic heterocycles. The minimum atomic E-state index is -0.521. The summed E-state index contributed by atoms with van der Waals surface area (Å²) in [5, 5.41) is 12.1. The van der Waals surface area contributed by atoms with Crippen molar-refractivity contribution in [1.82, 2.24) is 5.32 Å². The Kier molecular flexibility index (Phi) is 6.02. The number of hydrogen-bond acceptors (Lipinski definition) is 3. The molecule has 0 heterocycles. The number of aliphatic hydroxyl groups is 1. The molecule has 0 saturated carbocycles. The van der Waals surface area contributed by atoms with E-state index in [0.717, 1.165) is 11.3 Å². The van der Waals surface area contributed by atoms with Gasteiger partial charge in [0, 0.05) is 12.0 Å². The molecule has 4 nitrogen and oxygen atoms in total. The van der Waals surface area contributed by atoms with Gasteiger partial charge in [0.15, 0.2) is 0 Å². The fraction of sp³-hybridized carbons (Fsp3) is 0.562. The first-order valence-corrected chi connectivity index (χ1v) is 6.95. The van der Waals surface area contributed by atoms with Crippen molar-refractivity contribution in [2.24, 2.45) is 5.41 Å². The van der Waals surface area contributed by atoms with Crippen LogP contribution in [-0.2, 0) is 11.2 Å². The standard InChI is InChI=1S/C16H25NO3/c1-12(18)9-10-17-15(19)16(2,3)11-13-7-5-6-8-14(13)20-4/h5-8,12,18H,9-11H2,1-4H3,(H,17,19). The summed E-state index contributed by atoms with van der Waals surface area (Å²) in [6.45, 7) is 6.03. The Morgan fingerprint density at radius 1 is 1.40 bits per heavy atom. The number of hydrogen-bond donors (Lipinski definition) is 2. The van der Waals surface area contributed by atoms with Gasteiger partial charge in [-0.25, -0.2) is 0 Å². The molecule has 1 unspecified atom stereocenters. The number of ether oxygens (including phenoxy) is 1. The molecule has 0 aliphatic rings. The van der Waals surface area contributed by atoms with Crippen LogP contribution in [0.25, 0.3) is 0 Å². The lowest BCUT2D eigenvalue weighted by atomic mass is 9.84. The van der Waals surface area contributed by atoms with Crippen molar-refractivity contribution in [3.8, 4) is 5.75 Å². The molecule has 112 valence electrons. The van der Waals surface area contributed by atoms with Crippen LogP contribution in [0, 0.1) is 5.41 Å². The summed E-state index contributed by atoms with van der Waals surface area (Å²) in [7, 11) is 1.63. The highest BCUT2D eigenvalue weighted by atomic mass is 16.5. The Morgan fingerprint density at radius 3 is 2.65 bits per heavy atom. The van der Waals surface area contributed by atoms with Crippen LogP contribution in [0.4, 0.5) is 0 Å².